The first-order valence-electron chi connectivity index (χ1n) is 14.4. The van der Waals surface area contributed by atoms with Crippen LogP contribution in [-0.2, 0) is 4.79 Å². The van der Waals surface area contributed by atoms with Crippen molar-refractivity contribution in [1.82, 2.24) is 29.6 Å². The van der Waals surface area contributed by atoms with Gasteiger partial charge in [0.15, 0.2) is 5.65 Å². The van der Waals surface area contributed by atoms with Crippen LogP contribution in [0.25, 0.3) is 28.0 Å². The summed E-state index contributed by atoms with van der Waals surface area (Å²) in [6, 6.07) is 7.58. The molecule has 2 atom stereocenters. The summed E-state index contributed by atoms with van der Waals surface area (Å²) in [6.45, 7) is 16.4. The second-order valence-corrected chi connectivity index (χ2v) is 12.0. The van der Waals surface area contributed by atoms with E-state index < -0.39 is 11.5 Å². The molecule has 1 fully saturated rings. The quantitative estimate of drug-likeness (QED) is 0.254. The minimum atomic E-state index is -0.557. The normalized spacial score (nSPS) is 17.3. The first-order valence-corrected chi connectivity index (χ1v) is 14.8. The third kappa shape index (κ3) is 5.40. The minimum Gasteiger partial charge on any atom is -0.352 e. The van der Waals surface area contributed by atoms with Gasteiger partial charge in [-0.15, -0.1) is 0 Å². The van der Waals surface area contributed by atoms with Gasteiger partial charge in [-0.25, -0.2) is 18.7 Å². The highest BCUT2D eigenvalue weighted by Crippen LogP contribution is 2.37. The lowest BCUT2D eigenvalue weighted by Crippen LogP contribution is -2.58. The van der Waals surface area contributed by atoms with Crippen molar-refractivity contribution in [3.8, 4) is 16.9 Å². The van der Waals surface area contributed by atoms with Crippen LogP contribution in [0.1, 0.15) is 64.6 Å². The molecular weight excluding hydrogens is 569 g/mol. The number of fused-ring (bicyclic) bond motifs is 1. The Bertz CT molecular complexity index is 1750. The predicted octanol–water partition coefficient (Wildman–Crippen LogP) is 5.89. The average molecular weight is 604 g/mol. The number of carbonyl (C=O) groups is 1. The zero-order valence-corrected chi connectivity index (χ0v) is 25.9. The number of anilines is 1. The third-order valence-electron chi connectivity index (χ3n) is 7.85. The van der Waals surface area contributed by atoms with Crippen LogP contribution in [0.15, 0.2) is 54.0 Å². The van der Waals surface area contributed by atoms with E-state index in [1.54, 1.807) is 35.4 Å². The minimum absolute atomic E-state index is 0.000128. The van der Waals surface area contributed by atoms with E-state index in [1.807, 2.05) is 46.4 Å². The summed E-state index contributed by atoms with van der Waals surface area (Å²) in [5.41, 5.74) is 2.13. The van der Waals surface area contributed by atoms with Gasteiger partial charge in [0.25, 0.3) is 0 Å². The number of hydrogen-bond acceptors (Lipinski definition) is 7. The van der Waals surface area contributed by atoms with Gasteiger partial charge in [0.2, 0.25) is 5.91 Å². The Balaban J connectivity index is 1.85. The second-order valence-electron chi connectivity index (χ2n) is 11.6. The van der Waals surface area contributed by atoms with Crippen molar-refractivity contribution in [1.29, 1.82) is 0 Å². The number of rotatable bonds is 6. The monoisotopic (exact) mass is 603 g/mol. The molecule has 1 aliphatic rings. The molecule has 0 saturated carbocycles. The zero-order chi connectivity index (χ0) is 31.2. The van der Waals surface area contributed by atoms with E-state index in [1.165, 1.54) is 16.7 Å². The maximum Gasteiger partial charge on any atom is 0.355 e. The van der Waals surface area contributed by atoms with Crippen molar-refractivity contribution in [2.45, 2.75) is 65.5 Å². The van der Waals surface area contributed by atoms with Crippen LogP contribution in [0.4, 0.5) is 10.2 Å². The van der Waals surface area contributed by atoms with Gasteiger partial charge in [-0.3, -0.25) is 4.79 Å². The Hall–Kier alpha value is -4.18. The van der Waals surface area contributed by atoms with Crippen LogP contribution >= 0.6 is 11.6 Å². The maximum absolute atomic E-state index is 15.0. The zero-order valence-electron chi connectivity index (χ0n) is 25.2. The molecule has 0 unspecified atom stereocenters. The van der Waals surface area contributed by atoms with E-state index in [2.05, 4.69) is 21.8 Å². The lowest BCUT2D eigenvalue weighted by atomic mass is 9.98. The van der Waals surface area contributed by atoms with E-state index in [0.717, 1.165) is 5.56 Å². The Labute approximate surface area is 255 Å². The maximum atomic E-state index is 15.0. The van der Waals surface area contributed by atoms with Gasteiger partial charge in [0.05, 0.1) is 33.7 Å². The Kier molecular flexibility index (Phi) is 8.34. The molecule has 1 aliphatic heterocycles. The molecule has 9 nitrogen and oxygen atoms in total. The number of carbonyl (C=O) groups excluding carboxylic acids is 1. The van der Waals surface area contributed by atoms with Gasteiger partial charge < -0.3 is 9.80 Å². The molecule has 1 aromatic carbocycles. The molecule has 0 bridgehead atoms. The number of benzene rings is 1. The molecule has 1 saturated heterocycles. The highest BCUT2D eigenvalue weighted by atomic mass is 35.5. The summed E-state index contributed by atoms with van der Waals surface area (Å²) in [5.74, 6) is -0.311. The highest BCUT2D eigenvalue weighted by molar-refractivity contribution is 6.33. The topological polar surface area (TPSA) is 97.1 Å². The molecule has 0 radical (unpaired) electrons. The fourth-order valence-corrected chi connectivity index (χ4v) is 6.14. The lowest BCUT2D eigenvalue weighted by molar-refractivity contribution is -0.130. The number of pyridine rings is 1. The molecule has 4 aromatic rings. The highest BCUT2D eigenvalue weighted by Gasteiger charge is 2.34. The molecule has 0 spiro atoms. The molecule has 3 aromatic heterocycles. The van der Waals surface area contributed by atoms with Crippen LogP contribution in [0.3, 0.4) is 0 Å². The summed E-state index contributed by atoms with van der Waals surface area (Å²) in [4.78, 5) is 40.0. The van der Waals surface area contributed by atoms with Crippen molar-refractivity contribution >= 4 is 34.4 Å². The summed E-state index contributed by atoms with van der Waals surface area (Å²) in [5, 5.41) is 9.38. The van der Waals surface area contributed by atoms with Gasteiger partial charge in [-0.2, -0.15) is 15.2 Å². The van der Waals surface area contributed by atoms with E-state index >= 15 is 4.39 Å². The van der Waals surface area contributed by atoms with Crippen LogP contribution < -0.4 is 10.6 Å². The van der Waals surface area contributed by atoms with Crippen LogP contribution in [0.2, 0.25) is 5.02 Å². The summed E-state index contributed by atoms with van der Waals surface area (Å²) >= 11 is 6.81. The molecular formula is C32H35ClFN7O2. The molecule has 43 heavy (non-hydrogen) atoms. The number of hydrogen-bond donors (Lipinski definition) is 0. The number of piperazine rings is 1. The average Bonchev–Trinajstić information content (AvgIpc) is 2.96. The molecule has 0 aliphatic carbocycles. The number of aromatic nitrogens is 5. The van der Waals surface area contributed by atoms with Crippen molar-refractivity contribution in [3.63, 3.8) is 0 Å². The SMILES string of the molecule is C=CC(=O)N1[C@H](C)CN(c2nc(=O)n(-c3c(C(C)C)cnnc3C(C)C)c3nc(-c4ccccc4F)c(Cl)cc23)C[C@@H]1C. The Morgan fingerprint density at radius 2 is 1.77 bits per heavy atom. The smallest absolute Gasteiger partial charge is 0.352 e. The van der Waals surface area contributed by atoms with Gasteiger partial charge in [-0.05, 0) is 50.0 Å². The van der Waals surface area contributed by atoms with Crippen LogP contribution in [-0.4, -0.2) is 60.7 Å². The molecule has 5 rings (SSSR count). The van der Waals surface area contributed by atoms with Crippen molar-refractivity contribution < 1.29 is 9.18 Å². The molecule has 0 N–H and O–H groups in total. The fourth-order valence-electron chi connectivity index (χ4n) is 5.89. The number of nitrogens with zero attached hydrogens (tertiary/aromatic N) is 7. The first-order chi connectivity index (χ1) is 20.4. The van der Waals surface area contributed by atoms with Crippen molar-refractivity contribution in [2.75, 3.05) is 18.0 Å². The third-order valence-corrected chi connectivity index (χ3v) is 8.14. The first kappa shape index (κ1) is 30.3. The van der Waals surface area contributed by atoms with E-state index in [9.17, 15) is 9.59 Å². The lowest BCUT2D eigenvalue weighted by Gasteiger charge is -2.44. The van der Waals surface area contributed by atoms with Crippen LogP contribution in [0.5, 0.6) is 0 Å². The number of halogens is 2. The fraction of sp³-hybridized carbons (Fsp3) is 0.375. The van der Waals surface area contributed by atoms with Crippen molar-refractivity contribution in [2.24, 2.45) is 0 Å². The van der Waals surface area contributed by atoms with Gasteiger partial charge in [0, 0.05) is 36.3 Å². The van der Waals surface area contributed by atoms with Crippen LogP contribution in [0, 0.1) is 5.82 Å². The summed E-state index contributed by atoms with van der Waals surface area (Å²) in [6.07, 6.45) is 2.97. The molecule has 224 valence electrons. The predicted molar refractivity (Wildman–Crippen MR) is 167 cm³/mol. The molecule has 1 amide bonds. The molecule has 11 heteroatoms. The van der Waals surface area contributed by atoms with Gasteiger partial charge in [0.1, 0.15) is 11.6 Å². The van der Waals surface area contributed by atoms with E-state index in [-0.39, 0.29) is 51.8 Å². The second kappa shape index (κ2) is 11.8. The summed E-state index contributed by atoms with van der Waals surface area (Å²) in [7, 11) is 0. The largest absolute Gasteiger partial charge is 0.355 e. The van der Waals surface area contributed by atoms with Gasteiger partial charge in [-0.1, -0.05) is 58.0 Å². The number of amides is 1. The van der Waals surface area contributed by atoms with Gasteiger partial charge >= 0.3 is 5.69 Å². The van der Waals surface area contributed by atoms with E-state index in [4.69, 9.17) is 16.6 Å². The summed E-state index contributed by atoms with van der Waals surface area (Å²) < 4.78 is 16.5. The van der Waals surface area contributed by atoms with E-state index in [0.29, 0.717) is 35.7 Å². The Morgan fingerprint density at radius 1 is 1.09 bits per heavy atom. The standard InChI is InChI=1S/C32H35ClFN7O2/c1-8-26(42)40-19(6)15-39(16-20(40)7)30-22-13-24(33)28(21-11-9-10-12-25(21)34)36-31(22)41(32(43)37-30)29-23(17(2)3)14-35-38-27(29)18(4)5/h8-14,17-20H,1,15-16H2,2-7H3/t19-,20+. The Morgan fingerprint density at radius 3 is 2.37 bits per heavy atom. The molecule has 4 heterocycles. The van der Waals surface area contributed by atoms with Crippen molar-refractivity contribution in [3.05, 3.63) is 81.8 Å².